The van der Waals surface area contributed by atoms with E-state index in [1.165, 1.54) is 12.1 Å². The van der Waals surface area contributed by atoms with Gasteiger partial charge in [0.25, 0.3) is 5.69 Å². The van der Waals surface area contributed by atoms with Crippen molar-refractivity contribution in [2.75, 3.05) is 23.9 Å². The molecule has 1 rings (SSSR count). The number of anilines is 2. The Hall–Kier alpha value is -1.89. The first-order chi connectivity index (χ1) is 7.58. The van der Waals surface area contributed by atoms with Gasteiger partial charge in [-0.3, -0.25) is 10.1 Å². The molecule has 1 aromatic rings. The van der Waals surface area contributed by atoms with Gasteiger partial charge in [0, 0.05) is 13.6 Å². The van der Waals surface area contributed by atoms with Crippen LogP contribution < -0.4 is 16.2 Å². The fourth-order valence-electron chi connectivity index (χ4n) is 1.33. The summed E-state index contributed by atoms with van der Waals surface area (Å²) >= 11 is 0. The second kappa shape index (κ2) is 5.26. The summed E-state index contributed by atoms with van der Waals surface area (Å²) in [6.45, 7) is 2.80. The van der Waals surface area contributed by atoms with E-state index < -0.39 is 4.92 Å². The molecule has 0 atom stereocenters. The molecular formula is C9H15N5O2. The summed E-state index contributed by atoms with van der Waals surface area (Å²) in [4.78, 5) is 16.2. The maximum Gasteiger partial charge on any atom is 0.276 e. The highest BCUT2D eigenvalue weighted by Crippen LogP contribution is 2.22. The topological polar surface area (TPSA) is 97.3 Å². The van der Waals surface area contributed by atoms with E-state index in [1.807, 2.05) is 18.9 Å². The molecule has 0 unspecified atom stereocenters. The number of hydrogen-bond acceptors (Lipinski definition) is 6. The van der Waals surface area contributed by atoms with E-state index in [0.29, 0.717) is 5.82 Å². The third kappa shape index (κ3) is 2.80. The minimum Gasteiger partial charge on any atom is -0.359 e. The first-order valence-electron chi connectivity index (χ1n) is 4.92. The minimum absolute atomic E-state index is 0.0269. The van der Waals surface area contributed by atoms with Gasteiger partial charge in [-0.1, -0.05) is 6.92 Å². The number of nitro groups is 1. The van der Waals surface area contributed by atoms with E-state index in [2.05, 4.69) is 10.4 Å². The van der Waals surface area contributed by atoms with Gasteiger partial charge < -0.3 is 10.3 Å². The molecule has 0 saturated heterocycles. The third-order valence-electron chi connectivity index (χ3n) is 2.11. The number of rotatable bonds is 5. The van der Waals surface area contributed by atoms with Crippen molar-refractivity contribution in [1.29, 1.82) is 0 Å². The molecule has 1 heterocycles. The number of hydrazine groups is 1. The van der Waals surface area contributed by atoms with Crippen molar-refractivity contribution in [3.05, 3.63) is 22.2 Å². The monoisotopic (exact) mass is 225 g/mol. The van der Waals surface area contributed by atoms with Crippen molar-refractivity contribution in [2.45, 2.75) is 13.3 Å². The lowest BCUT2D eigenvalue weighted by Gasteiger charge is -2.17. The molecule has 0 radical (unpaired) electrons. The van der Waals surface area contributed by atoms with E-state index in [9.17, 15) is 10.1 Å². The Bertz CT molecular complexity index is 382. The average molecular weight is 225 g/mol. The van der Waals surface area contributed by atoms with Crippen molar-refractivity contribution in [3.8, 4) is 0 Å². The van der Waals surface area contributed by atoms with E-state index in [4.69, 9.17) is 5.84 Å². The van der Waals surface area contributed by atoms with Crippen LogP contribution in [0.5, 0.6) is 0 Å². The Morgan fingerprint density at radius 1 is 1.62 bits per heavy atom. The van der Waals surface area contributed by atoms with Gasteiger partial charge >= 0.3 is 0 Å². The van der Waals surface area contributed by atoms with Gasteiger partial charge in [-0.2, -0.15) is 0 Å². The summed E-state index contributed by atoms with van der Waals surface area (Å²) in [6, 6.07) is 2.72. The van der Waals surface area contributed by atoms with Crippen molar-refractivity contribution in [1.82, 2.24) is 4.98 Å². The fraction of sp³-hybridized carbons (Fsp3) is 0.444. The van der Waals surface area contributed by atoms with Crippen LogP contribution in [0.15, 0.2) is 12.1 Å². The molecular weight excluding hydrogens is 210 g/mol. The summed E-state index contributed by atoms with van der Waals surface area (Å²) in [5.74, 6) is 6.02. The average Bonchev–Trinajstić information content (AvgIpc) is 2.28. The highest BCUT2D eigenvalue weighted by molar-refractivity contribution is 5.55. The van der Waals surface area contributed by atoms with E-state index in [0.717, 1.165) is 13.0 Å². The van der Waals surface area contributed by atoms with Gasteiger partial charge in [-0.25, -0.2) is 10.8 Å². The molecule has 0 amide bonds. The Kier molecular flexibility index (Phi) is 4.01. The van der Waals surface area contributed by atoms with Crippen LogP contribution in [-0.2, 0) is 0 Å². The number of nitrogens with one attached hydrogen (secondary N) is 1. The Labute approximate surface area is 93.4 Å². The summed E-state index contributed by atoms with van der Waals surface area (Å²) in [7, 11) is 1.83. The van der Waals surface area contributed by atoms with Crippen LogP contribution in [-0.4, -0.2) is 23.5 Å². The number of nitrogens with two attached hydrogens (primary N) is 1. The number of pyridine rings is 1. The lowest BCUT2D eigenvalue weighted by Crippen LogP contribution is -2.20. The molecule has 7 nitrogen and oxygen atoms in total. The molecule has 88 valence electrons. The lowest BCUT2D eigenvalue weighted by atomic mass is 10.3. The quantitative estimate of drug-likeness (QED) is 0.442. The molecule has 0 aliphatic heterocycles. The second-order valence-corrected chi connectivity index (χ2v) is 3.39. The zero-order chi connectivity index (χ0) is 12.1. The first kappa shape index (κ1) is 12.2. The van der Waals surface area contributed by atoms with Gasteiger partial charge in [0.1, 0.15) is 11.6 Å². The predicted octanol–water partition coefficient (Wildman–Crippen LogP) is 1.12. The van der Waals surface area contributed by atoms with Crippen LogP contribution in [0.25, 0.3) is 0 Å². The normalized spacial score (nSPS) is 9.94. The summed E-state index contributed by atoms with van der Waals surface area (Å²) in [5.41, 5.74) is 2.29. The molecule has 0 fully saturated rings. The standard InChI is InChI=1S/C9H15N5O2/c1-3-4-13(2)9-6-7(14(15)16)5-8(11-9)12-10/h5-6H,3-4,10H2,1-2H3,(H,11,12). The zero-order valence-corrected chi connectivity index (χ0v) is 9.30. The third-order valence-corrected chi connectivity index (χ3v) is 2.11. The molecule has 0 spiro atoms. The lowest BCUT2D eigenvalue weighted by molar-refractivity contribution is -0.384. The molecule has 0 bridgehead atoms. The largest absolute Gasteiger partial charge is 0.359 e. The van der Waals surface area contributed by atoms with E-state index >= 15 is 0 Å². The fourth-order valence-corrected chi connectivity index (χ4v) is 1.33. The second-order valence-electron chi connectivity index (χ2n) is 3.39. The van der Waals surface area contributed by atoms with Gasteiger partial charge in [0.05, 0.1) is 17.1 Å². The SMILES string of the molecule is CCCN(C)c1cc([N+](=O)[O-])cc(NN)n1. The van der Waals surface area contributed by atoms with Crippen LogP contribution in [0.1, 0.15) is 13.3 Å². The number of nitrogens with zero attached hydrogens (tertiary/aromatic N) is 3. The Balaban J connectivity index is 3.08. The van der Waals surface area contributed by atoms with Crippen molar-refractivity contribution in [2.24, 2.45) is 5.84 Å². The predicted molar refractivity (Wildman–Crippen MR) is 62.3 cm³/mol. The molecule has 0 aliphatic carbocycles. The van der Waals surface area contributed by atoms with Gasteiger partial charge in [-0.05, 0) is 6.42 Å². The maximum absolute atomic E-state index is 10.7. The maximum atomic E-state index is 10.7. The zero-order valence-electron chi connectivity index (χ0n) is 9.30. The smallest absolute Gasteiger partial charge is 0.276 e. The summed E-state index contributed by atoms with van der Waals surface area (Å²) in [6.07, 6.45) is 0.937. The van der Waals surface area contributed by atoms with Crippen LogP contribution in [0, 0.1) is 10.1 Å². The van der Waals surface area contributed by atoms with Crippen molar-refractivity contribution < 1.29 is 4.92 Å². The molecule has 16 heavy (non-hydrogen) atoms. The molecule has 0 saturated carbocycles. The number of hydrogen-bond donors (Lipinski definition) is 2. The highest BCUT2D eigenvalue weighted by Gasteiger charge is 2.12. The Morgan fingerprint density at radius 3 is 2.81 bits per heavy atom. The van der Waals surface area contributed by atoms with Gasteiger partial charge in [0.2, 0.25) is 0 Å². The van der Waals surface area contributed by atoms with E-state index in [-0.39, 0.29) is 11.5 Å². The number of aromatic nitrogens is 1. The Morgan fingerprint density at radius 2 is 2.31 bits per heavy atom. The summed E-state index contributed by atoms with van der Waals surface area (Å²) < 4.78 is 0. The molecule has 1 aromatic heterocycles. The van der Waals surface area contributed by atoms with Crippen LogP contribution in [0.2, 0.25) is 0 Å². The van der Waals surface area contributed by atoms with Crippen LogP contribution in [0.4, 0.5) is 17.3 Å². The first-order valence-corrected chi connectivity index (χ1v) is 4.92. The summed E-state index contributed by atoms with van der Waals surface area (Å²) in [5, 5.41) is 10.7. The molecule has 7 heteroatoms. The minimum atomic E-state index is -0.466. The molecule has 3 N–H and O–H groups in total. The van der Waals surface area contributed by atoms with E-state index in [1.54, 1.807) is 0 Å². The van der Waals surface area contributed by atoms with Crippen LogP contribution in [0.3, 0.4) is 0 Å². The van der Waals surface area contributed by atoms with Crippen molar-refractivity contribution >= 4 is 17.3 Å². The number of nitrogen functional groups attached to an aromatic ring is 1. The van der Waals surface area contributed by atoms with Gasteiger partial charge in [-0.15, -0.1) is 0 Å². The van der Waals surface area contributed by atoms with Crippen LogP contribution >= 0.6 is 0 Å². The van der Waals surface area contributed by atoms with Crippen molar-refractivity contribution in [3.63, 3.8) is 0 Å². The highest BCUT2D eigenvalue weighted by atomic mass is 16.6. The molecule has 0 aromatic carbocycles. The molecule has 0 aliphatic rings. The van der Waals surface area contributed by atoms with Gasteiger partial charge in [0.15, 0.2) is 0 Å².